The number of methoxy groups -OCH3 is 2. The second-order valence-corrected chi connectivity index (χ2v) is 5.66. The van der Waals surface area contributed by atoms with Crippen molar-refractivity contribution in [3.63, 3.8) is 0 Å². The third kappa shape index (κ3) is 2.80. The van der Waals surface area contributed by atoms with E-state index in [0.29, 0.717) is 22.7 Å². The zero-order valence-electron chi connectivity index (χ0n) is 14.2. The van der Waals surface area contributed by atoms with E-state index in [1.54, 1.807) is 32.4 Å². The molecular weight excluding hydrogens is 304 g/mol. The standard InChI is InChI=1S/C19H20N2O3/c1-11-12(2)20-18-16(11)6-5-7-17(18)19(22)21-13-8-14(23-3)10-15(9-13)24-4/h5-10,20H,1-4H3,(H,21,22). The second-order valence-electron chi connectivity index (χ2n) is 5.66. The van der Waals surface area contributed by atoms with E-state index in [9.17, 15) is 4.79 Å². The molecule has 3 rings (SSSR count). The van der Waals surface area contributed by atoms with E-state index >= 15 is 0 Å². The van der Waals surface area contributed by atoms with Crippen LogP contribution in [0.3, 0.4) is 0 Å². The lowest BCUT2D eigenvalue weighted by Gasteiger charge is -2.10. The zero-order chi connectivity index (χ0) is 17.3. The van der Waals surface area contributed by atoms with Crippen molar-refractivity contribution in [2.75, 3.05) is 19.5 Å². The highest BCUT2D eigenvalue weighted by Crippen LogP contribution is 2.28. The molecule has 0 radical (unpaired) electrons. The predicted molar refractivity (Wildman–Crippen MR) is 95.3 cm³/mol. The lowest BCUT2D eigenvalue weighted by molar-refractivity contribution is 0.102. The van der Waals surface area contributed by atoms with Crippen LogP contribution in [0.25, 0.3) is 10.9 Å². The number of carbonyl (C=O) groups excluding carboxylic acids is 1. The largest absolute Gasteiger partial charge is 0.497 e. The van der Waals surface area contributed by atoms with E-state index in [1.807, 2.05) is 32.0 Å². The van der Waals surface area contributed by atoms with Gasteiger partial charge in [-0.1, -0.05) is 12.1 Å². The summed E-state index contributed by atoms with van der Waals surface area (Å²) in [5, 5.41) is 3.97. The first-order valence-electron chi connectivity index (χ1n) is 7.65. The number of anilines is 1. The van der Waals surface area contributed by atoms with Gasteiger partial charge < -0.3 is 19.8 Å². The van der Waals surface area contributed by atoms with Crippen molar-refractivity contribution < 1.29 is 14.3 Å². The van der Waals surface area contributed by atoms with Crippen molar-refractivity contribution in [3.8, 4) is 11.5 Å². The van der Waals surface area contributed by atoms with Crippen LogP contribution in [-0.2, 0) is 0 Å². The van der Waals surface area contributed by atoms with Crippen molar-refractivity contribution >= 4 is 22.5 Å². The molecule has 2 N–H and O–H groups in total. The van der Waals surface area contributed by atoms with E-state index in [0.717, 1.165) is 22.2 Å². The fraction of sp³-hybridized carbons (Fsp3) is 0.211. The van der Waals surface area contributed by atoms with Crippen LogP contribution < -0.4 is 14.8 Å². The van der Waals surface area contributed by atoms with Gasteiger partial charge in [-0.15, -0.1) is 0 Å². The fourth-order valence-electron chi connectivity index (χ4n) is 2.75. The molecule has 0 saturated carbocycles. The predicted octanol–water partition coefficient (Wildman–Crippen LogP) is 4.05. The summed E-state index contributed by atoms with van der Waals surface area (Å²) in [6.07, 6.45) is 0. The second kappa shape index (κ2) is 6.28. The number of H-pyrrole nitrogens is 1. The average Bonchev–Trinajstić information content (AvgIpc) is 2.89. The third-order valence-electron chi connectivity index (χ3n) is 4.20. The number of nitrogens with one attached hydrogen (secondary N) is 2. The normalized spacial score (nSPS) is 10.7. The monoisotopic (exact) mass is 324 g/mol. The van der Waals surface area contributed by atoms with Gasteiger partial charge in [-0.3, -0.25) is 4.79 Å². The van der Waals surface area contributed by atoms with Crippen LogP contribution in [0.5, 0.6) is 11.5 Å². The number of aromatic amines is 1. The van der Waals surface area contributed by atoms with Gasteiger partial charge in [0.1, 0.15) is 11.5 Å². The van der Waals surface area contributed by atoms with Gasteiger partial charge in [-0.25, -0.2) is 0 Å². The first-order valence-corrected chi connectivity index (χ1v) is 7.65. The summed E-state index contributed by atoms with van der Waals surface area (Å²) in [5.41, 5.74) is 4.29. The molecule has 1 aromatic heterocycles. The van der Waals surface area contributed by atoms with Crippen LogP contribution in [0.15, 0.2) is 36.4 Å². The summed E-state index contributed by atoms with van der Waals surface area (Å²) in [7, 11) is 3.15. The zero-order valence-corrected chi connectivity index (χ0v) is 14.2. The van der Waals surface area contributed by atoms with Crippen molar-refractivity contribution in [1.82, 2.24) is 4.98 Å². The van der Waals surface area contributed by atoms with Gasteiger partial charge in [0.2, 0.25) is 0 Å². The van der Waals surface area contributed by atoms with Crippen molar-refractivity contribution in [2.45, 2.75) is 13.8 Å². The SMILES string of the molecule is COc1cc(NC(=O)c2cccc3c(C)c(C)[nH]c23)cc(OC)c1. The van der Waals surface area contributed by atoms with E-state index in [2.05, 4.69) is 10.3 Å². The summed E-state index contributed by atoms with van der Waals surface area (Å²) in [6, 6.07) is 11.0. The molecule has 124 valence electrons. The number of fused-ring (bicyclic) bond motifs is 1. The van der Waals surface area contributed by atoms with E-state index in [1.165, 1.54) is 0 Å². The van der Waals surface area contributed by atoms with E-state index in [4.69, 9.17) is 9.47 Å². The lowest BCUT2D eigenvalue weighted by atomic mass is 10.1. The molecule has 5 heteroatoms. The Morgan fingerprint density at radius 3 is 2.33 bits per heavy atom. The van der Waals surface area contributed by atoms with Gasteiger partial charge >= 0.3 is 0 Å². The Morgan fingerprint density at radius 2 is 1.71 bits per heavy atom. The number of para-hydroxylation sites is 1. The van der Waals surface area contributed by atoms with Crippen LogP contribution in [0.2, 0.25) is 0 Å². The maximum absolute atomic E-state index is 12.7. The minimum absolute atomic E-state index is 0.183. The quantitative estimate of drug-likeness (QED) is 0.761. The third-order valence-corrected chi connectivity index (χ3v) is 4.20. The van der Waals surface area contributed by atoms with Crippen LogP contribution in [-0.4, -0.2) is 25.1 Å². The van der Waals surface area contributed by atoms with E-state index < -0.39 is 0 Å². The molecule has 0 aliphatic carbocycles. The number of ether oxygens (including phenoxy) is 2. The Morgan fingerprint density at radius 1 is 1.04 bits per heavy atom. The Labute approximate surface area is 140 Å². The van der Waals surface area contributed by atoms with Gasteiger partial charge in [0.15, 0.2) is 0 Å². The number of aromatic nitrogens is 1. The summed E-state index contributed by atoms with van der Waals surface area (Å²) in [5.74, 6) is 1.06. The molecule has 1 amide bonds. The highest BCUT2D eigenvalue weighted by Gasteiger charge is 2.14. The van der Waals surface area contributed by atoms with Gasteiger partial charge in [0.05, 0.1) is 25.3 Å². The topological polar surface area (TPSA) is 63.3 Å². The molecule has 0 unspecified atom stereocenters. The number of aryl methyl sites for hydroxylation is 2. The van der Waals surface area contributed by atoms with Crippen molar-refractivity contribution in [2.24, 2.45) is 0 Å². The molecule has 0 saturated heterocycles. The van der Waals surface area contributed by atoms with Crippen molar-refractivity contribution in [3.05, 3.63) is 53.2 Å². The minimum Gasteiger partial charge on any atom is -0.497 e. The number of carbonyl (C=O) groups is 1. The molecule has 24 heavy (non-hydrogen) atoms. The van der Waals surface area contributed by atoms with Crippen molar-refractivity contribution in [1.29, 1.82) is 0 Å². The molecule has 5 nitrogen and oxygen atoms in total. The molecule has 0 bridgehead atoms. The molecule has 0 aliphatic heterocycles. The highest BCUT2D eigenvalue weighted by atomic mass is 16.5. The molecule has 0 aliphatic rings. The number of amides is 1. The number of benzene rings is 2. The minimum atomic E-state index is -0.183. The fourth-order valence-corrected chi connectivity index (χ4v) is 2.75. The molecule has 2 aromatic carbocycles. The van der Waals surface area contributed by atoms with Crippen LogP contribution in [0.1, 0.15) is 21.6 Å². The van der Waals surface area contributed by atoms with E-state index in [-0.39, 0.29) is 5.91 Å². The molecular formula is C19H20N2O3. The summed E-state index contributed by atoms with van der Waals surface area (Å²) in [6.45, 7) is 4.05. The first-order chi connectivity index (χ1) is 11.5. The molecule has 0 atom stereocenters. The average molecular weight is 324 g/mol. The Balaban J connectivity index is 1.97. The lowest BCUT2D eigenvalue weighted by Crippen LogP contribution is -2.12. The van der Waals surface area contributed by atoms with Gasteiger partial charge in [-0.05, 0) is 25.5 Å². The van der Waals surface area contributed by atoms with Gasteiger partial charge in [-0.2, -0.15) is 0 Å². The molecule has 0 spiro atoms. The van der Waals surface area contributed by atoms with Crippen LogP contribution >= 0.6 is 0 Å². The van der Waals surface area contributed by atoms with Gasteiger partial charge in [0, 0.05) is 35.0 Å². The number of hydrogen-bond acceptors (Lipinski definition) is 3. The van der Waals surface area contributed by atoms with Crippen LogP contribution in [0, 0.1) is 13.8 Å². The summed E-state index contributed by atoms with van der Waals surface area (Å²) < 4.78 is 10.5. The summed E-state index contributed by atoms with van der Waals surface area (Å²) >= 11 is 0. The maximum Gasteiger partial charge on any atom is 0.257 e. The van der Waals surface area contributed by atoms with Crippen LogP contribution in [0.4, 0.5) is 5.69 Å². The molecule has 3 aromatic rings. The highest BCUT2D eigenvalue weighted by molar-refractivity contribution is 6.12. The Bertz CT molecular complexity index is 890. The number of hydrogen-bond donors (Lipinski definition) is 2. The maximum atomic E-state index is 12.7. The first kappa shape index (κ1) is 15.9. The smallest absolute Gasteiger partial charge is 0.257 e. The molecule has 1 heterocycles. The molecule has 0 fully saturated rings. The number of rotatable bonds is 4. The Kier molecular flexibility index (Phi) is 4.16. The Hall–Kier alpha value is -2.95. The van der Waals surface area contributed by atoms with Gasteiger partial charge in [0.25, 0.3) is 5.91 Å². The summed E-state index contributed by atoms with van der Waals surface area (Å²) in [4.78, 5) is 16.0.